The van der Waals surface area contributed by atoms with Crippen molar-refractivity contribution in [1.82, 2.24) is 5.32 Å². The average molecular weight is 309 g/mol. The predicted octanol–water partition coefficient (Wildman–Crippen LogP) is 3.33. The highest BCUT2D eigenvalue weighted by Gasteiger charge is 2.35. The highest BCUT2D eigenvalue weighted by atomic mass is 32.1. The second-order valence-electron chi connectivity index (χ2n) is 5.42. The minimum absolute atomic E-state index is 0.140. The summed E-state index contributed by atoms with van der Waals surface area (Å²) in [5.74, 6) is -0.474. The molecule has 4 N–H and O–H groups in total. The SMILES string of the molecule is NC(=S)C1(NC(=O)Nc2ccccc2F)CCCCCC1. The Balaban J connectivity index is 2.08. The van der Waals surface area contributed by atoms with Crippen molar-refractivity contribution in [2.75, 3.05) is 5.32 Å². The van der Waals surface area contributed by atoms with Gasteiger partial charge < -0.3 is 16.4 Å². The second kappa shape index (κ2) is 6.85. The van der Waals surface area contributed by atoms with Gasteiger partial charge in [-0.1, -0.05) is 50.0 Å². The molecular weight excluding hydrogens is 289 g/mol. The van der Waals surface area contributed by atoms with E-state index < -0.39 is 17.4 Å². The molecule has 0 aliphatic heterocycles. The van der Waals surface area contributed by atoms with E-state index in [2.05, 4.69) is 10.6 Å². The van der Waals surface area contributed by atoms with Gasteiger partial charge in [0.05, 0.1) is 16.2 Å². The number of carbonyl (C=O) groups is 1. The number of halogens is 1. The Hall–Kier alpha value is -1.69. The summed E-state index contributed by atoms with van der Waals surface area (Å²) in [4.78, 5) is 12.4. The van der Waals surface area contributed by atoms with E-state index in [1.165, 1.54) is 12.1 Å². The summed E-state index contributed by atoms with van der Waals surface area (Å²) in [6, 6.07) is 5.56. The zero-order valence-corrected chi connectivity index (χ0v) is 12.6. The first kappa shape index (κ1) is 15.7. The van der Waals surface area contributed by atoms with Gasteiger partial charge in [-0.2, -0.15) is 0 Å². The van der Waals surface area contributed by atoms with Crippen LogP contribution in [0.4, 0.5) is 14.9 Å². The summed E-state index contributed by atoms with van der Waals surface area (Å²) in [7, 11) is 0. The van der Waals surface area contributed by atoms with Crippen LogP contribution < -0.4 is 16.4 Å². The maximum atomic E-state index is 13.6. The van der Waals surface area contributed by atoms with Crippen LogP contribution in [0.5, 0.6) is 0 Å². The van der Waals surface area contributed by atoms with E-state index in [-0.39, 0.29) is 5.69 Å². The topological polar surface area (TPSA) is 67.1 Å². The lowest BCUT2D eigenvalue weighted by molar-refractivity contribution is 0.242. The number of para-hydroxylation sites is 1. The van der Waals surface area contributed by atoms with Crippen molar-refractivity contribution in [2.45, 2.75) is 44.1 Å². The minimum atomic E-state index is -0.666. The van der Waals surface area contributed by atoms with E-state index in [9.17, 15) is 9.18 Å². The van der Waals surface area contributed by atoms with Gasteiger partial charge in [0.1, 0.15) is 5.82 Å². The molecule has 1 saturated carbocycles. The van der Waals surface area contributed by atoms with E-state index in [4.69, 9.17) is 18.0 Å². The van der Waals surface area contributed by atoms with Crippen LogP contribution in [0, 0.1) is 5.82 Å². The second-order valence-corrected chi connectivity index (χ2v) is 5.86. The van der Waals surface area contributed by atoms with Gasteiger partial charge >= 0.3 is 6.03 Å². The Morgan fingerprint density at radius 3 is 2.38 bits per heavy atom. The van der Waals surface area contributed by atoms with Gasteiger partial charge in [0.25, 0.3) is 0 Å². The first-order chi connectivity index (χ1) is 10.0. The van der Waals surface area contributed by atoms with Crippen LogP contribution in [-0.2, 0) is 0 Å². The highest BCUT2D eigenvalue weighted by molar-refractivity contribution is 7.80. The number of hydrogen-bond acceptors (Lipinski definition) is 2. The number of benzene rings is 1. The first-order valence-corrected chi connectivity index (χ1v) is 7.58. The van der Waals surface area contributed by atoms with Gasteiger partial charge in [-0.25, -0.2) is 9.18 Å². The summed E-state index contributed by atoms with van der Waals surface area (Å²) in [5, 5.41) is 5.38. The van der Waals surface area contributed by atoms with Gasteiger partial charge in [0.2, 0.25) is 0 Å². The Labute approximate surface area is 129 Å². The van der Waals surface area contributed by atoms with Crippen LogP contribution in [0.2, 0.25) is 0 Å². The average Bonchev–Trinajstić information content (AvgIpc) is 2.68. The smallest absolute Gasteiger partial charge is 0.320 e. The van der Waals surface area contributed by atoms with Crippen molar-refractivity contribution in [3.63, 3.8) is 0 Å². The standard InChI is InChI=1S/C15H20FN3OS/c16-11-7-3-4-8-12(11)18-14(20)19-15(13(17)21)9-5-1-2-6-10-15/h3-4,7-8H,1-2,5-6,9-10H2,(H2,17,21)(H2,18,19,20). The molecule has 0 spiro atoms. The van der Waals surface area contributed by atoms with E-state index in [0.29, 0.717) is 4.99 Å². The summed E-state index contributed by atoms with van der Waals surface area (Å²) in [5.41, 5.74) is 5.33. The lowest BCUT2D eigenvalue weighted by atomic mass is 9.90. The number of nitrogens with two attached hydrogens (primary N) is 1. The molecule has 0 aromatic heterocycles. The van der Waals surface area contributed by atoms with E-state index in [1.54, 1.807) is 12.1 Å². The molecule has 4 nitrogen and oxygen atoms in total. The van der Waals surface area contributed by atoms with Gasteiger partial charge in [-0.05, 0) is 25.0 Å². The molecule has 1 aromatic rings. The van der Waals surface area contributed by atoms with E-state index >= 15 is 0 Å². The molecule has 0 radical (unpaired) electrons. The van der Waals surface area contributed by atoms with Crippen LogP contribution in [-0.4, -0.2) is 16.6 Å². The highest BCUT2D eigenvalue weighted by Crippen LogP contribution is 2.27. The normalized spacial score (nSPS) is 17.6. The van der Waals surface area contributed by atoms with Crippen LogP contribution in [0.25, 0.3) is 0 Å². The Morgan fingerprint density at radius 2 is 1.81 bits per heavy atom. The van der Waals surface area contributed by atoms with E-state index in [0.717, 1.165) is 38.5 Å². The van der Waals surface area contributed by atoms with Crippen LogP contribution in [0.1, 0.15) is 38.5 Å². The molecular formula is C15H20FN3OS. The molecule has 0 heterocycles. The maximum Gasteiger partial charge on any atom is 0.320 e. The van der Waals surface area contributed by atoms with Crippen LogP contribution >= 0.6 is 12.2 Å². The number of nitrogens with one attached hydrogen (secondary N) is 2. The van der Waals surface area contributed by atoms with Gasteiger partial charge in [-0.3, -0.25) is 0 Å². The largest absolute Gasteiger partial charge is 0.391 e. The van der Waals surface area contributed by atoms with Gasteiger partial charge in [-0.15, -0.1) is 0 Å². The van der Waals surface area contributed by atoms with E-state index in [1.807, 2.05) is 0 Å². The monoisotopic (exact) mass is 309 g/mol. The fraction of sp³-hybridized carbons (Fsp3) is 0.467. The molecule has 0 atom stereocenters. The third kappa shape index (κ3) is 3.91. The molecule has 1 aromatic carbocycles. The number of carbonyl (C=O) groups excluding carboxylic acids is 1. The quantitative estimate of drug-likeness (QED) is 0.592. The zero-order chi connectivity index (χ0) is 15.3. The third-order valence-electron chi connectivity index (χ3n) is 3.90. The summed E-state index contributed by atoms with van der Waals surface area (Å²) in [6.07, 6.45) is 5.62. The van der Waals surface area contributed by atoms with Crippen molar-refractivity contribution in [1.29, 1.82) is 0 Å². The number of urea groups is 1. The van der Waals surface area contributed by atoms with Crippen molar-refractivity contribution in [3.05, 3.63) is 30.1 Å². The molecule has 0 unspecified atom stereocenters. The predicted molar refractivity (Wildman–Crippen MR) is 85.8 cm³/mol. The van der Waals surface area contributed by atoms with Crippen LogP contribution in [0.15, 0.2) is 24.3 Å². The molecule has 6 heteroatoms. The molecule has 114 valence electrons. The Bertz CT molecular complexity index is 527. The van der Waals surface area contributed by atoms with Crippen molar-refractivity contribution in [3.8, 4) is 0 Å². The first-order valence-electron chi connectivity index (χ1n) is 7.17. The third-order valence-corrected chi connectivity index (χ3v) is 4.29. The molecule has 2 rings (SSSR count). The summed E-state index contributed by atoms with van der Waals surface area (Å²) < 4.78 is 13.6. The van der Waals surface area contributed by atoms with Crippen LogP contribution in [0.3, 0.4) is 0 Å². The fourth-order valence-corrected chi connectivity index (χ4v) is 2.95. The molecule has 1 fully saturated rings. The van der Waals surface area contributed by atoms with Gasteiger partial charge in [0, 0.05) is 0 Å². The number of rotatable bonds is 3. The lowest BCUT2D eigenvalue weighted by Crippen LogP contribution is -2.57. The zero-order valence-electron chi connectivity index (χ0n) is 11.8. The van der Waals surface area contributed by atoms with Crippen molar-refractivity contribution < 1.29 is 9.18 Å². The molecule has 0 bridgehead atoms. The summed E-state index contributed by atoms with van der Waals surface area (Å²) >= 11 is 5.16. The Morgan fingerprint density at radius 1 is 1.19 bits per heavy atom. The van der Waals surface area contributed by atoms with Crippen molar-refractivity contribution in [2.24, 2.45) is 5.73 Å². The lowest BCUT2D eigenvalue weighted by Gasteiger charge is -2.32. The molecule has 21 heavy (non-hydrogen) atoms. The van der Waals surface area contributed by atoms with Crippen molar-refractivity contribution >= 4 is 28.9 Å². The minimum Gasteiger partial charge on any atom is -0.391 e. The van der Waals surface area contributed by atoms with Gasteiger partial charge in [0.15, 0.2) is 0 Å². The molecule has 2 amide bonds. The number of anilines is 1. The fourth-order valence-electron chi connectivity index (χ4n) is 2.70. The Kier molecular flexibility index (Phi) is 5.12. The number of thiocarbonyl (C=S) groups is 1. The number of hydrogen-bond donors (Lipinski definition) is 3. The molecule has 1 aliphatic carbocycles. The summed E-state index contributed by atoms with van der Waals surface area (Å²) in [6.45, 7) is 0. The maximum absolute atomic E-state index is 13.6. The molecule has 1 aliphatic rings. The number of amides is 2. The molecule has 0 saturated heterocycles.